The lowest BCUT2D eigenvalue weighted by atomic mass is 9.89. The van der Waals surface area contributed by atoms with Crippen LogP contribution >= 0.6 is 0 Å². The lowest BCUT2D eigenvalue weighted by Crippen LogP contribution is -2.44. The van der Waals surface area contributed by atoms with E-state index in [0.717, 1.165) is 29.5 Å². The number of aromatic nitrogens is 1. The number of nitrogens with two attached hydrogens (primary N) is 1. The molecule has 0 spiro atoms. The molecule has 1 aromatic carbocycles. The van der Waals surface area contributed by atoms with E-state index in [1.165, 1.54) is 0 Å². The van der Waals surface area contributed by atoms with Crippen molar-refractivity contribution in [3.8, 4) is 11.1 Å². The van der Waals surface area contributed by atoms with Gasteiger partial charge in [-0.2, -0.15) is 0 Å². The van der Waals surface area contributed by atoms with Gasteiger partial charge in [0.05, 0.1) is 17.4 Å². The smallest absolute Gasteiger partial charge is 0.251 e. The first-order chi connectivity index (χ1) is 12.0. The predicted molar refractivity (Wildman–Crippen MR) is 102 cm³/mol. The van der Waals surface area contributed by atoms with E-state index in [4.69, 9.17) is 5.73 Å². The van der Waals surface area contributed by atoms with Crippen LogP contribution in [0, 0.1) is 0 Å². The zero-order valence-corrected chi connectivity index (χ0v) is 14.6. The maximum Gasteiger partial charge on any atom is 0.251 e. The Morgan fingerprint density at radius 2 is 2.08 bits per heavy atom. The van der Waals surface area contributed by atoms with Crippen LogP contribution in [-0.2, 0) is 0 Å². The molecule has 1 aromatic heterocycles. The van der Waals surface area contributed by atoms with Crippen LogP contribution in [0.3, 0.4) is 0 Å². The summed E-state index contributed by atoms with van der Waals surface area (Å²) in [6, 6.07) is 9.35. The molecule has 0 bridgehead atoms. The first kappa shape index (κ1) is 17.0. The van der Waals surface area contributed by atoms with Gasteiger partial charge in [-0.15, -0.1) is 0 Å². The number of amides is 1. The highest BCUT2D eigenvalue weighted by Crippen LogP contribution is 2.26. The fourth-order valence-corrected chi connectivity index (χ4v) is 3.00. The summed E-state index contributed by atoms with van der Waals surface area (Å²) in [5.74, 6) is -0.0978. The van der Waals surface area contributed by atoms with Crippen molar-refractivity contribution in [3.05, 3.63) is 72.1 Å². The van der Waals surface area contributed by atoms with Crippen LogP contribution in [-0.4, -0.2) is 16.4 Å². The summed E-state index contributed by atoms with van der Waals surface area (Å²) in [7, 11) is 0. The maximum absolute atomic E-state index is 12.8. The third-order valence-electron chi connectivity index (χ3n) is 4.43. The molecule has 3 N–H and O–H groups in total. The van der Waals surface area contributed by atoms with E-state index in [-0.39, 0.29) is 5.91 Å². The van der Waals surface area contributed by atoms with Crippen LogP contribution in [0.5, 0.6) is 0 Å². The van der Waals surface area contributed by atoms with Crippen molar-refractivity contribution in [1.82, 2.24) is 10.3 Å². The summed E-state index contributed by atoms with van der Waals surface area (Å²) in [5.41, 5.74) is 9.71. The minimum absolute atomic E-state index is 0.0978. The van der Waals surface area contributed by atoms with Gasteiger partial charge in [0, 0.05) is 17.3 Å². The van der Waals surface area contributed by atoms with Gasteiger partial charge in [0.15, 0.2) is 0 Å². The molecule has 0 unspecified atom stereocenters. The number of anilines is 1. The second kappa shape index (κ2) is 6.93. The van der Waals surface area contributed by atoms with Crippen molar-refractivity contribution in [2.24, 2.45) is 0 Å². The van der Waals surface area contributed by atoms with Crippen molar-refractivity contribution in [2.45, 2.75) is 32.2 Å². The summed E-state index contributed by atoms with van der Waals surface area (Å²) >= 11 is 0. The second-order valence-electron chi connectivity index (χ2n) is 6.76. The summed E-state index contributed by atoms with van der Waals surface area (Å²) in [5, 5.41) is 3.13. The number of rotatable bonds is 4. The van der Waals surface area contributed by atoms with Crippen LogP contribution in [0.25, 0.3) is 11.1 Å². The zero-order valence-electron chi connectivity index (χ0n) is 14.6. The lowest BCUT2D eigenvalue weighted by Gasteiger charge is -2.29. The molecule has 0 aliphatic heterocycles. The first-order valence-corrected chi connectivity index (χ1v) is 8.47. The van der Waals surface area contributed by atoms with E-state index in [0.29, 0.717) is 11.3 Å². The number of nitrogens with one attached hydrogen (secondary N) is 1. The fourth-order valence-electron chi connectivity index (χ4n) is 3.00. The summed E-state index contributed by atoms with van der Waals surface area (Å²) < 4.78 is 0. The molecule has 0 saturated heterocycles. The molecule has 0 fully saturated rings. The normalized spacial score (nSPS) is 14.1. The number of benzene rings is 1. The standard InChI is InChI=1S/C21H23N3O/c1-21(2,17-9-4-3-5-10-17)24-20(25)16-8-6-7-15(13-16)18-11-12-23-14-19(18)22/h4,6-14H,3,5,22H2,1-2H3,(H,24,25). The van der Waals surface area contributed by atoms with E-state index >= 15 is 0 Å². The van der Waals surface area contributed by atoms with Gasteiger partial charge in [0.1, 0.15) is 0 Å². The quantitative estimate of drug-likeness (QED) is 0.884. The van der Waals surface area contributed by atoms with Gasteiger partial charge in [-0.25, -0.2) is 0 Å². The van der Waals surface area contributed by atoms with Crippen molar-refractivity contribution in [3.63, 3.8) is 0 Å². The Bertz CT molecular complexity index is 850. The average Bonchev–Trinajstić information content (AvgIpc) is 2.62. The average molecular weight is 333 g/mol. The molecule has 1 heterocycles. The Morgan fingerprint density at radius 3 is 2.80 bits per heavy atom. The second-order valence-corrected chi connectivity index (χ2v) is 6.76. The van der Waals surface area contributed by atoms with Crippen molar-refractivity contribution in [1.29, 1.82) is 0 Å². The monoisotopic (exact) mass is 333 g/mol. The van der Waals surface area contributed by atoms with E-state index in [2.05, 4.69) is 28.5 Å². The molecule has 4 heteroatoms. The number of allylic oxidation sites excluding steroid dienone is 2. The molecule has 0 radical (unpaired) electrons. The molecular weight excluding hydrogens is 310 g/mol. The number of nitrogens with zero attached hydrogens (tertiary/aromatic N) is 1. The van der Waals surface area contributed by atoms with E-state index in [1.807, 2.05) is 44.2 Å². The molecule has 0 saturated carbocycles. The van der Waals surface area contributed by atoms with Crippen molar-refractivity contribution in [2.75, 3.05) is 5.73 Å². The van der Waals surface area contributed by atoms with Crippen molar-refractivity contribution < 1.29 is 4.79 Å². The SMILES string of the molecule is CC(C)(NC(=O)c1cccc(-c2ccncc2N)c1)C1=CCCC=C1. The van der Waals surface area contributed by atoms with Gasteiger partial charge in [-0.05, 0) is 56.0 Å². The highest BCUT2D eigenvalue weighted by Gasteiger charge is 2.25. The van der Waals surface area contributed by atoms with Gasteiger partial charge in [0.25, 0.3) is 5.91 Å². The first-order valence-electron chi connectivity index (χ1n) is 8.47. The number of pyridine rings is 1. The van der Waals surface area contributed by atoms with E-state index in [9.17, 15) is 4.79 Å². The van der Waals surface area contributed by atoms with Gasteiger partial charge in [-0.1, -0.05) is 30.4 Å². The van der Waals surface area contributed by atoms with E-state index in [1.54, 1.807) is 12.4 Å². The Morgan fingerprint density at radius 1 is 1.24 bits per heavy atom. The van der Waals surface area contributed by atoms with Crippen LogP contribution < -0.4 is 11.1 Å². The fraction of sp³-hybridized carbons (Fsp3) is 0.238. The Kier molecular flexibility index (Phi) is 4.70. The summed E-state index contributed by atoms with van der Waals surface area (Å²) in [4.78, 5) is 16.8. The number of carbonyl (C=O) groups is 1. The minimum Gasteiger partial charge on any atom is -0.397 e. The molecule has 4 nitrogen and oxygen atoms in total. The van der Waals surface area contributed by atoms with Crippen LogP contribution in [0.2, 0.25) is 0 Å². The topological polar surface area (TPSA) is 68.0 Å². The zero-order chi connectivity index (χ0) is 17.9. The molecule has 25 heavy (non-hydrogen) atoms. The molecule has 1 amide bonds. The third-order valence-corrected chi connectivity index (χ3v) is 4.43. The number of hydrogen-bond acceptors (Lipinski definition) is 3. The Balaban J connectivity index is 1.84. The molecular formula is C21H23N3O. The van der Waals surface area contributed by atoms with Crippen LogP contribution in [0.1, 0.15) is 37.0 Å². The van der Waals surface area contributed by atoms with Crippen LogP contribution in [0.15, 0.2) is 66.5 Å². The lowest BCUT2D eigenvalue weighted by molar-refractivity contribution is 0.0925. The predicted octanol–water partition coefficient (Wildman–Crippen LogP) is 4.12. The summed E-state index contributed by atoms with van der Waals surface area (Å²) in [6.07, 6.45) is 11.8. The molecule has 128 valence electrons. The molecule has 1 aliphatic rings. The maximum atomic E-state index is 12.8. The number of hydrogen-bond donors (Lipinski definition) is 2. The third kappa shape index (κ3) is 3.79. The highest BCUT2D eigenvalue weighted by atomic mass is 16.1. The Hall–Kier alpha value is -2.88. The molecule has 0 atom stereocenters. The van der Waals surface area contributed by atoms with E-state index < -0.39 is 5.54 Å². The summed E-state index contributed by atoms with van der Waals surface area (Å²) in [6.45, 7) is 4.05. The van der Waals surface area contributed by atoms with Gasteiger partial charge in [-0.3, -0.25) is 9.78 Å². The largest absolute Gasteiger partial charge is 0.397 e. The molecule has 2 aromatic rings. The number of nitrogen functional groups attached to an aromatic ring is 1. The van der Waals surface area contributed by atoms with Crippen molar-refractivity contribution >= 4 is 11.6 Å². The Labute approximate surface area is 148 Å². The molecule has 1 aliphatic carbocycles. The highest BCUT2D eigenvalue weighted by molar-refractivity contribution is 5.96. The van der Waals surface area contributed by atoms with Gasteiger partial charge < -0.3 is 11.1 Å². The molecule has 3 rings (SSSR count). The minimum atomic E-state index is -0.417. The van der Waals surface area contributed by atoms with Gasteiger partial charge >= 0.3 is 0 Å². The number of carbonyl (C=O) groups excluding carboxylic acids is 1. The van der Waals surface area contributed by atoms with Crippen LogP contribution in [0.4, 0.5) is 5.69 Å². The van der Waals surface area contributed by atoms with Gasteiger partial charge in [0.2, 0.25) is 0 Å².